The summed E-state index contributed by atoms with van der Waals surface area (Å²) >= 11 is 0. The molecule has 0 fully saturated rings. The molecule has 1 aromatic rings. The first-order chi connectivity index (χ1) is 7.59. The second-order valence-corrected chi connectivity index (χ2v) is 4.08. The second-order valence-electron chi connectivity index (χ2n) is 4.08. The van der Waals surface area contributed by atoms with E-state index >= 15 is 0 Å². The highest BCUT2D eigenvalue weighted by Gasteiger charge is 2.16. The highest BCUT2D eigenvalue weighted by molar-refractivity contribution is 5.72. The van der Waals surface area contributed by atoms with Crippen LogP contribution >= 0.6 is 0 Å². The van der Waals surface area contributed by atoms with Crippen LogP contribution in [0.25, 0.3) is 0 Å². The largest absolute Gasteiger partial charge is 0.461 e. The molecule has 3 nitrogen and oxygen atoms in total. The Balaban J connectivity index is 2.35. The number of aliphatic hydroxyl groups is 1. The van der Waals surface area contributed by atoms with Crippen LogP contribution in [0.1, 0.15) is 25.8 Å². The molecule has 0 aliphatic rings. The molecule has 2 unspecified atom stereocenters. The van der Waals surface area contributed by atoms with Crippen molar-refractivity contribution in [3.05, 3.63) is 35.9 Å². The van der Waals surface area contributed by atoms with Crippen LogP contribution in [0.2, 0.25) is 0 Å². The van der Waals surface area contributed by atoms with E-state index in [4.69, 9.17) is 9.84 Å². The van der Waals surface area contributed by atoms with Crippen molar-refractivity contribution in [2.45, 2.75) is 33.0 Å². The van der Waals surface area contributed by atoms with Gasteiger partial charge in [0, 0.05) is 0 Å². The molecule has 0 radical (unpaired) electrons. The lowest BCUT2D eigenvalue weighted by Crippen LogP contribution is -2.19. The Morgan fingerprint density at radius 1 is 1.31 bits per heavy atom. The van der Waals surface area contributed by atoms with Gasteiger partial charge in [-0.05, 0) is 18.9 Å². The van der Waals surface area contributed by atoms with E-state index in [0.29, 0.717) is 13.0 Å². The Labute approximate surface area is 96.1 Å². The van der Waals surface area contributed by atoms with E-state index in [2.05, 4.69) is 0 Å². The molecule has 1 rings (SSSR count). The van der Waals surface area contributed by atoms with Crippen molar-refractivity contribution in [3.63, 3.8) is 0 Å². The van der Waals surface area contributed by atoms with Gasteiger partial charge in [0.1, 0.15) is 6.61 Å². The summed E-state index contributed by atoms with van der Waals surface area (Å²) in [7, 11) is 0. The lowest BCUT2D eigenvalue weighted by Gasteiger charge is -2.12. The van der Waals surface area contributed by atoms with Gasteiger partial charge in [0.25, 0.3) is 0 Å². The van der Waals surface area contributed by atoms with E-state index in [0.717, 1.165) is 5.56 Å². The summed E-state index contributed by atoms with van der Waals surface area (Å²) in [4.78, 5) is 11.5. The Morgan fingerprint density at radius 3 is 2.50 bits per heavy atom. The number of rotatable bonds is 5. The highest BCUT2D eigenvalue weighted by Crippen LogP contribution is 2.10. The molecule has 3 heteroatoms. The van der Waals surface area contributed by atoms with Gasteiger partial charge in [0.2, 0.25) is 0 Å². The minimum atomic E-state index is -0.473. The molecule has 0 spiro atoms. The van der Waals surface area contributed by atoms with Gasteiger partial charge >= 0.3 is 5.97 Å². The first kappa shape index (κ1) is 12.7. The third kappa shape index (κ3) is 4.45. The maximum Gasteiger partial charge on any atom is 0.309 e. The monoisotopic (exact) mass is 222 g/mol. The molecule has 2 atom stereocenters. The molecule has 0 bridgehead atoms. The van der Waals surface area contributed by atoms with Crippen LogP contribution in [-0.4, -0.2) is 17.2 Å². The summed E-state index contributed by atoms with van der Waals surface area (Å²) < 4.78 is 5.14. The number of hydrogen-bond donors (Lipinski definition) is 1. The lowest BCUT2D eigenvalue weighted by molar-refractivity contribution is -0.150. The number of carbonyl (C=O) groups is 1. The summed E-state index contributed by atoms with van der Waals surface area (Å²) in [6, 6.07) is 9.55. The van der Waals surface area contributed by atoms with Crippen LogP contribution in [0, 0.1) is 5.92 Å². The summed E-state index contributed by atoms with van der Waals surface area (Å²) in [6.45, 7) is 3.73. The van der Waals surface area contributed by atoms with Crippen molar-refractivity contribution in [1.29, 1.82) is 0 Å². The van der Waals surface area contributed by atoms with Crippen molar-refractivity contribution in [1.82, 2.24) is 0 Å². The van der Waals surface area contributed by atoms with E-state index in [1.54, 1.807) is 13.8 Å². The molecule has 0 heterocycles. The highest BCUT2D eigenvalue weighted by atomic mass is 16.5. The van der Waals surface area contributed by atoms with Gasteiger partial charge in [-0.3, -0.25) is 4.79 Å². The fraction of sp³-hybridized carbons (Fsp3) is 0.462. The number of hydrogen-bond acceptors (Lipinski definition) is 3. The Hall–Kier alpha value is -1.35. The van der Waals surface area contributed by atoms with Crippen LogP contribution in [0.3, 0.4) is 0 Å². The molecule has 1 N–H and O–H groups in total. The predicted molar refractivity (Wildman–Crippen MR) is 61.7 cm³/mol. The molecule has 1 aromatic carbocycles. The van der Waals surface area contributed by atoms with Crippen LogP contribution in [0.4, 0.5) is 0 Å². The van der Waals surface area contributed by atoms with Crippen LogP contribution in [-0.2, 0) is 16.1 Å². The van der Waals surface area contributed by atoms with Gasteiger partial charge in [-0.25, -0.2) is 0 Å². The fourth-order valence-corrected chi connectivity index (χ4v) is 1.48. The van der Waals surface area contributed by atoms with E-state index in [9.17, 15) is 4.79 Å². The van der Waals surface area contributed by atoms with Crippen LogP contribution in [0.5, 0.6) is 0 Å². The molecular weight excluding hydrogens is 204 g/mol. The van der Waals surface area contributed by atoms with Gasteiger partial charge in [0.05, 0.1) is 12.0 Å². The summed E-state index contributed by atoms with van der Waals surface area (Å²) in [5.41, 5.74) is 0.972. The Bertz CT molecular complexity index is 319. The van der Waals surface area contributed by atoms with Gasteiger partial charge in [-0.15, -0.1) is 0 Å². The second kappa shape index (κ2) is 6.28. The first-order valence-electron chi connectivity index (χ1n) is 5.48. The lowest BCUT2D eigenvalue weighted by atomic mass is 10.1. The average Bonchev–Trinajstić information content (AvgIpc) is 2.26. The topological polar surface area (TPSA) is 46.5 Å². The number of benzene rings is 1. The van der Waals surface area contributed by atoms with Gasteiger partial charge in [-0.1, -0.05) is 37.3 Å². The van der Waals surface area contributed by atoms with Gasteiger partial charge < -0.3 is 9.84 Å². The summed E-state index contributed by atoms with van der Waals surface area (Å²) in [5.74, 6) is -0.520. The Morgan fingerprint density at radius 2 is 1.94 bits per heavy atom. The predicted octanol–water partition coefficient (Wildman–Crippen LogP) is 2.14. The summed E-state index contributed by atoms with van der Waals surface area (Å²) in [5, 5.41) is 9.15. The molecular formula is C13H18O3. The first-order valence-corrected chi connectivity index (χ1v) is 5.48. The maximum atomic E-state index is 11.5. The van der Waals surface area contributed by atoms with E-state index in [-0.39, 0.29) is 11.9 Å². The normalized spacial score (nSPS) is 14.2. The minimum absolute atomic E-state index is 0.259. The van der Waals surface area contributed by atoms with Gasteiger partial charge in [0.15, 0.2) is 0 Å². The molecule has 88 valence electrons. The van der Waals surface area contributed by atoms with Crippen molar-refractivity contribution in [2.75, 3.05) is 0 Å². The van der Waals surface area contributed by atoms with Crippen LogP contribution in [0.15, 0.2) is 30.3 Å². The SMILES string of the molecule is CC(O)CC(C)C(=O)OCc1ccccc1. The molecule has 0 saturated carbocycles. The molecule has 0 saturated heterocycles. The van der Waals surface area contributed by atoms with E-state index in [1.165, 1.54) is 0 Å². The molecule has 0 aromatic heterocycles. The number of aliphatic hydroxyl groups excluding tert-OH is 1. The third-order valence-corrected chi connectivity index (χ3v) is 2.32. The fourth-order valence-electron chi connectivity index (χ4n) is 1.48. The van der Waals surface area contributed by atoms with Crippen molar-refractivity contribution in [2.24, 2.45) is 5.92 Å². The van der Waals surface area contributed by atoms with E-state index in [1.807, 2.05) is 30.3 Å². The average molecular weight is 222 g/mol. The number of esters is 1. The molecule has 0 amide bonds. The number of ether oxygens (including phenoxy) is 1. The molecule has 0 aliphatic carbocycles. The zero-order valence-corrected chi connectivity index (χ0v) is 9.72. The van der Waals surface area contributed by atoms with E-state index < -0.39 is 6.10 Å². The van der Waals surface area contributed by atoms with Crippen molar-refractivity contribution in [3.8, 4) is 0 Å². The Kier molecular flexibility index (Phi) is 4.99. The maximum absolute atomic E-state index is 11.5. The molecule has 16 heavy (non-hydrogen) atoms. The van der Waals surface area contributed by atoms with Crippen molar-refractivity contribution < 1.29 is 14.6 Å². The van der Waals surface area contributed by atoms with Gasteiger partial charge in [-0.2, -0.15) is 0 Å². The smallest absolute Gasteiger partial charge is 0.309 e. The van der Waals surface area contributed by atoms with Crippen LogP contribution < -0.4 is 0 Å². The quantitative estimate of drug-likeness (QED) is 0.776. The van der Waals surface area contributed by atoms with Crippen molar-refractivity contribution >= 4 is 5.97 Å². The third-order valence-electron chi connectivity index (χ3n) is 2.32. The number of carbonyl (C=O) groups excluding carboxylic acids is 1. The standard InChI is InChI=1S/C13H18O3/c1-10(8-11(2)14)13(15)16-9-12-6-4-3-5-7-12/h3-7,10-11,14H,8-9H2,1-2H3. The molecule has 0 aliphatic heterocycles. The zero-order valence-electron chi connectivity index (χ0n) is 9.72. The minimum Gasteiger partial charge on any atom is -0.461 e. The zero-order chi connectivity index (χ0) is 12.0. The summed E-state index contributed by atoms with van der Waals surface area (Å²) in [6.07, 6.45) is -0.0348.